The summed E-state index contributed by atoms with van der Waals surface area (Å²) in [5.41, 5.74) is 9.53. The van der Waals surface area contributed by atoms with Crippen molar-refractivity contribution in [3.05, 3.63) is 83.8 Å². The van der Waals surface area contributed by atoms with Crippen molar-refractivity contribution < 1.29 is 47.2 Å². The van der Waals surface area contributed by atoms with Crippen molar-refractivity contribution in [1.29, 1.82) is 0 Å². The molecular weight excluding hydrogens is 638 g/mol. The molecule has 0 N–H and O–H groups in total. The van der Waals surface area contributed by atoms with Crippen LogP contribution in [0.1, 0.15) is 41.5 Å². The van der Waals surface area contributed by atoms with Crippen molar-refractivity contribution in [2.75, 3.05) is 26.4 Å². The summed E-state index contributed by atoms with van der Waals surface area (Å²) >= 11 is 0. The fourth-order valence-corrected chi connectivity index (χ4v) is 10.3. The summed E-state index contributed by atoms with van der Waals surface area (Å²) in [6.07, 6.45) is -4.36. The maximum Gasteiger partial charge on any atom is 0.303 e. The molecule has 0 radical (unpaired) electrons. The van der Waals surface area contributed by atoms with Crippen molar-refractivity contribution in [1.82, 2.24) is 0 Å². The van der Waals surface area contributed by atoms with Crippen LogP contribution in [0.4, 0.5) is 0 Å². The lowest BCUT2D eigenvalue weighted by molar-refractivity contribution is -0.288. The van der Waals surface area contributed by atoms with E-state index in [9.17, 15) is 19.9 Å². The van der Waals surface area contributed by atoms with Gasteiger partial charge in [0.15, 0.2) is 18.5 Å². The molecule has 13 nitrogen and oxygen atoms in total. The molecule has 0 saturated carbocycles. The van der Waals surface area contributed by atoms with Gasteiger partial charge in [-0.05, 0) is 20.9 Å². The summed E-state index contributed by atoms with van der Waals surface area (Å²) in [4.78, 5) is 39.0. The second kappa shape index (κ2) is 17.9. The Bertz CT molecular complexity index is 1380. The Hall–Kier alpha value is -4.04. The molecule has 3 rings (SSSR count). The van der Waals surface area contributed by atoms with E-state index >= 15 is 0 Å². The van der Waals surface area contributed by atoms with Crippen LogP contribution in [0.15, 0.2) is 78.4 Å². The monoisotopic (exact) mass is 683 g/mol. The first-order valence-electron chi connectivity index (χ1n) is 15.6. The molecule has 0 spiro atoms. The lowest BCUT2D eigenvalue weighted by Crippen LogP contribution is -2.67. The lowest BCUT2D eigenvalue weighted by atomic mass is 9.96. The number of hydrogen-bond acceptors (Lipinski definition) is 11. The molecule has 0 amide bonds. The molecule has 0 unspecified atom stereocenters. The summed E-state index contributed by atoms with van der Waals surface area (Å²) in [6.45, 7) is 13.6. The Labute approximate surface area is 282 Å². The summed E-state index contributed by atoms with van der Waals surface area (Å²) in [5.74, 6) is -2.07. The van der Waals surface area contributed by atoms with Crippen molar-refractivity contribution in [2.24, 2.45) is 5.11 Å². The zero-order chi connectivity index (χ0) is 35.3. The van der Waals surface area contributed by atoms with Crippen molar-refractivity contribution >= 4 is 36.6 Å². The van der Waals surface area contributed by atoms with Crippen molar-refractivity contribution in [3.63, 3.8) is 0 Å². The van der Waals surface area contributed by atoms with Gasteiger partial charge in [0.25, 0.3) is 8.32 Å². The van der Waals surface area contributed by atoms with Gasteiger partial charge in [-0.25, -0.2) is 0 Å². The number of rotatable bonds is 16. The van der Waals surface area contributed by atoms with Gasteiger partial charge in [-0.1, -0.05) is 92.6 Å². The molecule has 1 aliphatic heterocycles. The first-order valence-corrected chi connectivity index (χ1v) is 17.5. The van der Waals surface area contributed by atoms with E-state index in [4.69, 9.17) is 32.8 Å². The van der Waals surface area contributed by atoms with Crippen LogP contribution in [0.5, 0.6) is 0 Å². The van der Waals surface area contributed by atoms with Gasteiger partial charge in [-0.15, -0.1) is 6.58 Å². The van der Waals surface area contributed by atoms with Gasteiger partial charge in [0.05, 0.1) is 19.8 Å². The number of carbonyl (C=O) groups is 3. The van der Waals surface area contributed by atoms with Crippen LogP contribution in [0.2, 0.25) is 5.04 Å². The van der Waals surface area contributed by atoms with E-state index in [1.54, 1.807) is 6.08 Å². The van der Waals surface area contributed by atoms with E-state index < -0.39 is 63.0 Å². The van der Waals surface area contributed by atoms with Crippen LogP contribution in [0.3, 0.4) is 0 Å². The third kappa shape index (κ3) is 9.98. The Balaban J connectivity index is 2.07. The summed E-state index contributed by atoms with van der Waals surface area (Å²) < 4.78 is 41.8. The Kier molecular flexibility index (Phi) is 14.3. The minimum atomic E-state index is -3.02. The smallest absolute Gasteiger partial charge is 0.303 e. The van der Waals surface area contributed by atoms with Crippen LogP contribution in [0, 0.1) is 0 Å². The van der Waals surface area contributed by atoms with E-state index in [1.165, 1.54) is 6.92 Å². The number of benzene rings is 2. The van der Waals surface area contributed by atoms with E-state index in [0.29, 0.717) is 0 Å². The molecule has 6 atom stereocenters. The predicted octanol–water partition coefficient (Wildman–Crippen LogP) is 3.98. The van der Waals surface area contributed by atoms with Gasteiger partial charge in [0, 0.05) is 25.7 Å². The molecule has 48 heavy (non-hydrogen) atoms. The van der Waals surface area contributed by atoms with Crippen LogP contribution in [0.25, 0.3) is 10.4 Å². The largest absolute Gasteiger partial charge is 0.463 e. The maximum atomic E-state index is 12.2. The van der Waals surface area contributed by atoms with Crippen molar-refractivity contribution in [2.45, 2.75) is 83.3 Å². The zero-order valence-corrected chi connectivity index (χ0v) is 29.3. The second-order valence-corrected chi connectivity index (χ2v) is 16.6. The molecule has 14 heteroatoms. The van der Waals surface area contributed by atoms with E-state index in [0.717, 1.165) is 24.2 Å². The minimum absolute atomic E-state index is 0.0211. The number of esters is 3. The van der Waals surface area contributed by atoms with E-state index in [2.05, 4.69) is 61.6 Å². The fraction of sp³-hybridized carbons (Fsp3) is 0.500. The van der Waals surface area contributed by atoms with E-state index in [-0.39, 0.29) is 31.5 Å². The Morgan fingerprint density at radius 2 is 1.50 bits per heavy atom. The molecule has 1 saturated heterocycles. The average molecular weight is 684 g/mol. The standard InChI is InChI=1S/C34H45N3O10Si/c1-8-19-41-20-26(21-43-48(34(5,6)7,27-15-11-9-12-16-27)28-17-13-10-14-18-28)46-33-30(36-37-35)32(45-25(4)40)31(44-24(3)39)29(47-33)22-42-23(2)38/h8-18,26,29-33H,1,19-22H2,2-7H3/t26-,29+,30+,31+,32+,33-/m0/s1. The van der Waals surface area contributed by atoms with E-state index in [1.807, 2.05) is 36.4 Å². The Morgan fingerprint density at radius 1 is 0.938 bits per heavy atom. The predicted molar refractivity (Wildman–Crippen MR) is 179 cm³/mol. The highest BCUT2D eigenvalue weighted by atomic mass is 28.4. The normalized spacial score (nSPS) is 21.7. The highest BCUT2D eigenvalue weighted by Crippen LogP contribution is 2.37. The summed E-state index contributed by atoms with van der Waals surface area (Å²) in [5, 5.41) is 5.61. The third-order valence-electron chi connectivity index (χ3n) is 7.62. The molecule has 260 valence electrons. The summed E-state index contributed by atoms with van der Waals surface area (Å²) in [7, 11) is -3.02. The molecule has 1 fully saturated rings. The highest BCUT2D eigenvalue weighted by molar-refractivity contribution is 6.99. The quantitative estimate of drug-likeness (QED) is 0.0369. The lowest BCUT2D eigenvalue weighted by Gasteiger charge is -2.45. The van der Waals surface area contributed by atoms with Gasteiger partial charge in [0.1, 0.15) is 24.9 Å². The first kappa shape index (κ1) is 38.4. The minimum Gasteiger partial charge on any atom is -0.463 e. The first-order chi connectivity index (χ1) is 22.8. The van der Waals surface area contributed by atoms with Gasteiger partial charge >= 0.3 is 17.9 Å². The number of azide groups is 1. The maximum absolute atomic E-state index is 12.2. The van der Waals surface area contributed by atoms with Crippen LogP contribution in [-0.4, -0.2) is 89.4 Å². The SMILES string of the molecule is C=CCOC[C@@H](CO[Si](c1ccccc1)(c1ccccc1)C(C)(C)C)O[C@H]1O[C@H](COC(C)=O)[C@@H](OC(C)=O)[C@H](OC(C)=O)[C@H]1N=[N+]=[N-]. The van der Waals surface area contributed by atoms with Gasteiger partial charge in [-0.3, -0.25) is 14.4 Å². The van der Waals surface area contributed by atoms with Crippen LogP contribution in [-0.2, 0) is 47.2 Å². The second-order valence-electron chi connectivity index (χ2n) is 12.2. The average Bonchev–Trinajstić information content (AvgIpc) is 3.03. The van der Waals surface area contributed by atoms with Crippen LogP contribution >= 0.6 is 0 Å². The molecule has 2 aromatic carbocycles. The summed E-state index contributed by atoms with van der Waals surface area (Å²) in [6, 6.07) is 18.8. The number of carbonyl (C=O) groups excluding carboxylic acids is 3. The number of hydrogen-bond donors (Lipinski definition) is 0. The topological polar surface area (TPSA) is 165 Å². The molecule has 0 aromatic heterocycles. The number of ether oxygens (including phenoxy) is 6. The molecular formula is C34H45N3O10Si. The molecule has 0 aliphatic carbocycles. The Morgan fingerprint density at radius 3 is 1.98 bits per heavy atom. The molecule has 1 heterocycles. The van der Waals surface area contributed by atoms with Gasteiger partial charge in [-0.2, -0.15) is 0 Å². The fourth-order valence-electron chi connectivity index (χ4n) is 5.76. The number of nitrogens with zero attached hydrogens (tertiary/aromatic N) is 3. The van der Waals surface area contributed by atoms with Gasteiger partial charge < -0.3 is 32.8 Å². The highest BCUT2D eigenvalue weighted by Gasteiger charge is 2.53. The van der Waals surface area contributed by atoms with Crippen LogP contribution < -0.4 is 10.4 Å². The van der Waals surface area contributed by atoms with Crippen molar-refractivity contribution in [3.8, 4) is 0 Å². The zero-order valence-electron chi connectivity index (χ0n) is 28.3. The molecule has 2 aromatic rings. The third-order valence-corrected chi connectivity index (χ3v) is 12.6. The van der Waals surface area contributed by atoms with Gasteiger partial charge in [0.2, 0.25) is 0 Å². The molecule has 1 aliphatic rings. The molecule has 0 bridgehead atoms.